The zero-order chi connectivity index (χ0) is 9.26. The Morgan fingerprint density at radius 3 is 2.54 bits per heavy atom. The average molecular weight is 241 g/mol. The Bertz CT molecular complexity index is 323. The Hall–Kier alpha value is -1.03. The van der Waals surface area contributed by atoms with Crippen LogP contribution in [0.3, 0.4) is 0 Å². The van der Waals surface area contributed by atoms with Crippen molar-refractivity contribution in [3.8, 4) is 0 Å². The van der Waals surface area contributed by atoms with Crippen molar-refractivity contribution in [2.75, 3.05) is 6.54 Å². The van der Waals surface area contributed by atoms with Crippen LogP contribution in [0.2, 0.25) is 0 Å². The summed E-state index contributed by atoms with van der Waals surface area (Å²) in [5, 5.41) is 5.55. The fourth-order valence-corrected chi connectivity index (χ4v) is 1.62. The molecule has 68 valence electrons. The highest BCUT2D eigenvalue weighted by Gasteiger charge is 2.20. The molecular formula is C9H9BrN2O. The number of carbonyl (C=O) groups is 1. The molecule has 0 unspecified atom stereocenters. The molecule has 1 aliphatic rings. The molecule has 1 aromatic carbocycles. The van der Waals surface area contributed by atoms with E-state index in [1.807, 2.05) is 24.3 Å². The molecule has 0 spiro atoms. The number of hydrogen-bond donors (Lipinski definition) is 2. The predicted octanol–water partition coefficient (Wildman–Crippen LogP) is 1.80. The number of nitrogens with one attached hydrogen (secondary N) is 2. The molecule has 1 atom stereocenters. The molecule has 0 aliphatic carbocycles. The van der Waals surface area contributed by atoms with Gasteiger partial charge in [-0.1, -0.05) is 28.1 Å². The molecule has 1 saturated heterocycles. The van der Waals surface area contributed by atoms with Crippen molar-refractivity contribution in [3.63, 3.8) is 0 Å². The molecule has 0 saturated carbocycles. The summed E-state index contributed by atoms with van der Waals surface area (Å²) in [6.07, 6.45) is 0. The Morgan fingerprint density at radius 2 is 2.00 bits per heavy atom. The van der Waals surface area contributed by atoms with Crippen LogP contribution in [0.1, 0.15) is 11.6 Å². The molecule has 1 aliphatic heterocycles. The first-order valence-electron chi connectivity index (χ1n) is 4.05. The van der Waals surface area contributed by atoms with Gasteiger partial charge in [0.05, 0.1) is 6.04 Å². The van der Waals surface area contributed by atoms with Gasteiger partial charge < -0.3 is 10.6 Å². The molecule has 3 nitrogen and oxygen atoms in total. The summed E-state index contributed by atoms with van der Waals surface area (Å²) < 4.78 is 1.05. The number of benzene rings is 1. The van der Waals surface area contributed by atoms with E-state index in [1.165, 1.54) is 0 Å². The van der Waals surface area contributed by atoms with Crippen LogP contribution in [0.5, 0.6) is 0 Å². The Morgan fingerprint density at radius 1 is 1.31 bits per heavy atom. The van der Waals surface area contributed by atoms with E-state index in [4.69, 9.17) is 0 Å². The lowest BCUT2D eigenvalue weighted by atomic mass is 10.1. The summed E-state index contributed by atoms with van der Waals surface area (Å²) in [5.74, 6) is 0. The topological polar surface area (TPSA) is 41.1 Å². The lowest BCUT2D eigenvalue weighted by Gasteiger charge is -2.07. The van der Waals surface area contributed by atoms with Crippen molar-refractivity contribution in [2.45, 2.75) is 6.04 Å². The number of urea groups is 1. The van der Waals surface area contributed by atoms with Crippen molar-refractivity contribution in [2.24, 2.45) is 0 Å². The number of hydrogen-bond acceptors (Lipinski definition) is 1. The maximum Gasteiger partial charge on any atom is 0.315 e. The highest BCUT2D eigenvalue weighted by atomic mass is 79.9. The highest BCUT2D eigenvalue weighted by Crippen LogP contribution is 2.18. The van der Waals surface area contributed by atoms with E-state index in [-0.39, 0.29) is 12.1 Å². The second-order valence-corrected chi connectivity index (χ2v) is 3.87. The average Bonchev–Trinajstić information content (AvgIpc) is 2.53. The first-order valence-corrected chi connectivity index (χ1v) is 4.85. The molecule has 4 heteroatoms. The third-order valence-corrected chi connectivity index (χ3v) is 2.57. The van der Waals surface area contributed by atoms with E-state index < -0.39 is 0 Å². The first kappa shape index (κ1) is 8.56. The molecule has 0 radical (unpaired) electrons. The second-order valence-electron chi connectivity index (χ2n) is 2.96. The molecule has 2 rings (SSSR count). The van der Waals surface area contributed by atoms with Gasteiger partial charge in [0, 0.05) is 11.0 Å². The van der Waals surface area contributed by atoms with Gasteiger partial charge in [-0.15, -0.1) is 0 Å². The molecule has 13 heavy (non-hydrogen) atoms. The molecule has 2 amide bonds. The smallest absolute Gasteiger partial charge is 0.315 e. The minimum atomic E-state index is -0.0899. The molecule has 0 bridgehead atoms. The van der Waals surface area contributed by atoms with Crippen molar-refractivity contribution in [3.05, 3.63) is 34.3 Å². The standard InChI is InChI=1S/C9H9BrN2O/c10-7-3-1-6(2-4-7)8-5-11-9(13)12-8/h1-4,8H,5H2,(H2,11,12,13)/t8-/m1/s1. The molecule has 1 heterocycles. The van der Waals surface area contributed by atoms with Gasteiger partial charge in [0.25, 0.3) is 0 Å². The molecule has 2 N–H and O–H groups in total. The summed E-state index contributed by atoms with van der Waals surface area (Å²) in [6, 6.07) is 7.97. The maximum atomic E-state index is 10.9. The number of rotatable bonds is 1. The quantitative estimate of drug-likeness (QED) is 0.773. The van der Waals surface area contributed by atoms with Crippen LogP contribution in [0.4, 0.5) is 4.79 Å². The van der Waals surface area contributed by atoms with Gasteiger partial charge in [-0.25, -0.2) is 4.79 Å². The van der Waals surface area contributed by atoms with Gasteiger partial charge in [0.1, 0.15) is 0 Å². The maximum absolute atomic E-state index is 10.9. The van der Waals surface area contributed by atoms with E-state index in [0.717, 1.165) is 10.0 Å². The zero-order valence-corrected chi connectivity index (χ0v) is 8.47. The minimum Gasteiger partial charge on any atom is -0.336 e. The van der Waals surface area contributed by atoms with Crippen LogP contribution in [0, 0.1) is 0 Å². The highest BCUT2D eigenvalue weighted by molar-refractivity contribution is 9.10. The van der Waals surface area contributed by atoms with Gasteiger partial charge in [-0.3, -0.25) is 0 Å². The number of carbonyl (C=O) groups excluding carboxylic acids is 1. The van der Waals surface area contributed by atoms with E-state index in [2.05, 4.69) is 26.6 Å². The fraction of sp³-hybridized carbons (Fsp3) is 0.222. The van der Waals surface area contributed by atoms with Gasteiger partial charge in [0.15, 0.2) is 0 Å². The summed E-state index contributed by atoms with van der Waals surface area (Å²) in [5.41, 5.74) is 1.13. The number of halogens is 1. The second kappa shape index (κ2) is 3.38. The van der Waals surface area contributed by atoms with Crippen LogP contribution in [-0.4, -0.2) is 12.6 Å². The Kier molecular flexibility index (Phi) is 2.22. The Balaban J connectivity index is 2.17. The van der Waals surface area contributed by atoms with Crippen LogP contribution < -0.4 is 10.6 Å². The lowest BCUT2D eigenvalue weighted by molar-refractivity contribution is 0.247. The molecule has 1 aromatic rings. The van der Waals surface area contributed by atoms with Crippen LogP contribution in [0.15, 0.2) is 28.7 Å². The zero-order valence-electron chi connectivity index (χ0n) is 6.88. The normalized spacial score (nSPS) is 21.0. The summed E-state index contributed by atoms with van der Waals surface area (Å²) in [7, 11) is 0. The Labute approximate surface area is 84.6 Å². The van der Waals surface area contributed by atoms with E-state index in [9.17, 15) is 4.79 Å². The summed E-state index contributed by atoms with van der Waals surface area (Å²) >= 11 is 3.36. The molecule has 1 fully saturated rings. The third-order valence-electron chi connectivity index (χ3n) is 2.04. The van der Waals surface area contributed by atoms with E-state index in [1.54, 1.807) is 0 Å². The first-order chi connectivity index (χ1) is 6.25. The fourth-order valence-electron chi connectivity index (χ4n) is 1.35. The van der Waals surface area contributed by atoms with Gasteiger partial charge in [0.2, 0.25) is 0 Å². The molecule has 0 aromatic heterocycles. The molecular weight excluding hydrogens is 232 g/mol. The monoisotopic (exact) mass is 240 g/mol. The van der Waals surface area contributed by atoms with Crippen molar-refractivity contribution in [1.29, 1.82) is 0 Å². The minimum absolute atomic E-state index is 0.0899. The summed E-state index contributed by atoms with van der Waals surface area (Å²) in [4.78, 5) is 10.9. The van der Waals surface area contributed by atoms with Gasteiger partial charge >= 0.3 is 6.03 Å². The SMILES string of the molecule is O=C1NC[C@H](c2ccc(Br)cc2)N1. The van der Waals surface area contributed by atoms with E-state index >= 15 is 0 Å². The van der Waals surface area contributed by atoms with Gasteiger partial charge in [-0.2, -0.15) is 0 Å². The van der Waals surface area contributed by atoms with Crippen molar-refractivity contribution < 1.29 is 4.79 Å². The lowest BCUT2D eigenvalue weighted by Crippen LogP contribution is -2.21. The predicted molar refractivity (Wildman–Crippen MR) is 53.4 cm³/mol. The van der Waals surface area contributed by atoms with Crippen molar-refractivity contribution >= 4 is 22.0 Å². The largest absolute Gasteiger partial charge is 0.336 e. The number of amides is 2. The van der Waals surface area contributed by atoms with Gasteiger partial charge in [-0.05, 0) is 17.7 Å². The van der Waals surface area contributed by atoms with Crippen LogP contribution in [0.25, 0.3) is 0 Å². The van der Waals surface area contributed by atoms with Crippen LogP contribution >= 0.6 is 15.9 Å². The van der Waals surface area contributed by atoms with E-state index in [0.29, 0.717) is 6.54 Å². The summed E-state index contributed by atoms with van der Waals surface area (Å²) in [6.45, 7) is 0.667. The van der Waals surface area contributed by atoms with Crippen LogP contribution in [-0.2, 0) is 0 Å². The van der Waals surface area contributed by atoms with Crippen molar-refractivity contribution in [1.82, 2.24) is 10.6 Å². The third kappa shape index (κ3) is 1.83.